The van der Waals surface area contributed by atoms with Crippen LogP contribution in [0.4, 0.5) is 0 Å². The Morgan fingerprint density at radius 3 is 1.40 bits per heavy atom. The van der Waals surface area contributed by atoms with E-state index < -0.39 is 11.9 Å². The van der Waals surface area contributed by atoms with E-state index in [1.165, 1.54) is 24.3 Å². The number of rotatable bonds is 4. The predicted molar refractivity (Wildman–Crippen MR) is 106 cm³/mol. The molecule has 0 aliphatic heterocycles. The molecule has 0 spiro atoms. The number of hydrogen-bond donors (Lipinski definition) is 2. The molecule has 0 amide bonds. The second-order valence-electron chi connectivity index (χ2n) is 6.59. The minimum Gasteiger partial charge on any atom is -0.478 e. The van der Waals surface area contributed by atoms with Crippen LogP contribution in [0.3, 0.4) is 0 Å². The van der Waals surface area contributed by atoms with Crippen LogP contribution >= 0.6 is 0 Å². The van der Waals surface area contributed by atoms with Gasteiger partial charge >= 0.3 is 11.9 Å². The van der Waals surface area contributed by atoms with Gasteiger partial charge in [0.25, 0.3) is 0 Å². The SMILES string of the molecule is O=C(O)c1ccc2oc(-c3ccc(-c4nc5cc(C(=O)O)ccc5o4)cc3)nc2c1. The third-order valence-electron chi connectivity index (χ3n) is 4.65. The molecule has 0 unspecified atom stereocenters. The largest absolute Gasteiger partial charge is 0.478 e. The molecule has 5 rings (SSSR count). The Bertz CT molecular complexity index is 1340. The molecule has 0 saturated carbocycles. The molecule has 2 heterocycles. The molecule has 146 valence electrons. The minimum absolute atomic E-state index is 0.139. The number of nitrogens with zero attached hydrogens (tertiary/aromatic N) is 2. The second-order valence-corrected chi connectivity index (χ2v) is 6.59. The highest BCUT2D eigenvalue weighted by atomic mass is 16.4. The van der Waals surface area contributed by atoms with Crippen molar-refractivity contribution in [2.45, 2.75) is 0 Å². The first-order valence-corrected chi connectivity index (χ1v) is 8.86. The first-order valence-electron chi connectivity index (χ1n) is 8.86. The van der Waals surface area contributed by atoms with Gasteiger partial charge in [-0.05, 0) is 60.7 Å². The molecular weight excluding hydrogens is 388 g/mol. The maximum absolute atomic E-state index is 11.1. The van der Waals surface area contributed by atoms with E-state index in [0.717, 1.165) is 0 Å². The minimum atomic E-state index is -1.03. The Morgan fingerprint density at radius 2 is 1.03 bits per heavy atom. The molecular formula is C22H12N2O6. The van der Waals surface area contributed by atoms with Crippen molar-refractivity contribution in [1.29, 1.82) is 0 Å². The summed E-state index contributed by atoms with van der Waals surface area (Å²) in [7, 11) is 0. The first kappa shape index (κ1) is 17.6. The van der Waals surface area contributed by atoms with Crippen LogP contribution in [0.1, 0.15) is 20.7 Å². The normalized spacial score (nSPS) is 11.2. The Kier molecular flexibility index (Phi) is 3.85. The van der Waals surface area contributed by atoms with Crippen molar-refractivity contribution in [2.24, 2.45) is 0 Å². The number of fused-ring (bicyclic) bond motifs is 2. The van der Waals surface area contributed by atoms with Crippen molar-refractivity contribution in [3.05, 3.63) is 71.8 Å². The van der Waals surface area contributed by atoms with E-state index in [9.17, 15) is 9.59 Å². The van der Waals surface area contributed by atoms with Crippen LogP contribution in [-0.2, 0) is 0 Å². The lowest BCUT2D eigenvalue weighted by Gasteiger charge is -1.97. The van der Waals surface area contributed by atoms with E-state index in [-0.39, 0.29) is 11.1 Å². The van der Waals surface area contributed by atoms with Crippen molar-refractivity contribution in [3.8, 4) is 22.9 Å². The number of carboxylic acids is 2. The fourth-order valence-corrected chi connectivity index (χ4v) is 3.12. The lowest BCUT2D eigenvalue weighted by molar-refractivity contribution is 0.0686. The van der Waals surface area contributed by atoms with Crippen LogP contribution in [0.2, 0.25) is 0 Å². The summed E-state index contributed by atoms with van der Waals surface area (Å²) in [6, 6.07) is 16.2. The van der Waals surface area contributed by atoms with Gasteiger partial charge in [-0.1, -0.05) is 0 Å². The number of hydrogen-bond acceptors (Lipinski definition) is 6. The zero-order valence-corrected chi connectivity index (χ0v) is 15.2. The third-order valence-corrected chi connectivity index (χ3v) is 4.65. The molecule has 2 aromatic heterocycles. The Hall–Kier alpha value is -4.46. The Balaban J connectivity index is 1.48. The van der Waals surface area contributed by atoms with Crippen LogP contribution in [-0.4, -0.2) is 32.1 Å². The average Bonchev–Trinajstić information content (AvgIpc) is 3.36. The summed E-state index contributed by atoms with van der Waals surface area (Å²) in [4.78, 5) is 30.9. The standard InChI is InChI=1S/C22H12N2O6/c25-21(26)13-5-7-17-15(9-13)23-19(29-17)11-1-2-12(4-3-11)20-24-16-10-14(22(27)28)6-8-18(16)30-20/h1-10H,(H,25,26)(H,27,28). The fourth-order valence-electron chi connectivity index (χ4n) is 3.12. The molecule has 5 aromatic rings. The van der Waals surface area contributed by atoms with Crippen molar-refractivity contribution in [2.75, 3.05) is 0 Å². The molecule has 0 bridgehead atoms. The van der Waals surface area contributed by atoms with Crippen LogP contribution < -0.4 is 0 Å². The number of carbonyl (C=O) groups is 2. The van der Waals surface area contributed by atoms with Crippen molar-refractivity contribution in [1.82, 2.24) is 9.97 Å². The lowest BCUT2D eigenvalue weighted by atomic mass is 10.1. The topological polar surface area (TPSA) is 127 Å². The van der Waals surface area contributed by atoms with Crippen molar-refractivity contribution >= 4 is 34.1 Å². The number of oxazole rings is 2. The average molecular weight is 400 g/mol. The number of benzene rings is 3. The zero-order valence-electron chi connectivity index (χ0n) is 15.2. The van der Waals surface area contributed by atoms with Gasteiger partial charge in [0.1, 0.15) is 11.0 Å². The van der Waals surface area contributed by atoms with E-state index in [1.807, 2.05) is 0 Å². The molecule has 0 aliphatic carbocycles. The summed E-state index contributed by atoms with van der Waals surface area (Å²) < 4.78 is 11.4. The number of aromatic nitrogens is 2. The van der Waals surface area contributed by atoms with Gasteiger partial charge in [0.15, 0.2) is 11.2 Å². The van der Waals surface area contributed by atoms with Crippen LogP contribution in [0.25, 0.3) is 45.1 Å². The van der Waals surface area contributed by atoms with E-state index >= 15 is 0 Å². The Labute approximate surface area is 168 Å². The summed E-state index contributed by atoms with van der Waals surface area (Å²) in [6.45, 7) is 0. The first-order chi connectivity index (χ1) is 14.5. The monoisotopic (exact) mass is 400 g/mol. The molecule has 30 heavy (non-hydrogen) atoms. The quantitative estimate of drug-likeness (QED) is 0.444. The summed E-state index contributed by atoms with van der Waals surface area (Å²) in [5, 5.41) is 18.2. The van der Waals surface area contributed by atoms with Gasteiger partial charge in [0.2, 0.25) is 11.8 Å². The van der Waals surface area contributed by atoms with Gasteiger partial charge in [-0.25, -0.2) is 19.6 Å². The maximum Gasteiger partial charge on any atom is 0.335 e. The van der Waals surface area contributed by atoms with Gasteiger partial charge in [0, 0.05) is 11.1 Å². The summed E-state index contributed by atoms with van der Waals surface area (Å²) in [5.41, 5.74) is 3.59. The van der Waals surface area contributed by atoms with Gasteiger partial charge in [-0.2, -0.15) is 0 Å². The summed E-state index contributed by atoms with van der Waals surface area (Å²) >= 11 is 0. The zero-order chi connectivity index (χ0) is 20.8. The number of aromatic carboxylic acids is 2. The molecule has 3 aromatic carbocycles. The summed E-state index contributed by atoms with van der Waals surface area (Å²) in [6.07, 6.45) is 0. The van der Waals surface area contributed by atoms with Crippen LogP contribution in [0.5, 0.6) is 0 Å². The van der Waals surface area contributed by atoms with E-state index in [0.29, 0.717) is 45.1 Å². The van der Waals surface area contributed by atoms with Gasteiger partial charge < -0.3 is 19.0 Å². The van der Waals surface area contributed by atoms with E-state index in [2.05, 4.69) is 9.97 Å². The van der Waals surface area contributed by atoms with Crippen molar-refractivity contribution < 1.29 is 28.6 Å². The molecule has 2 N–H and O–H groups in total. The highest BCUT2D eigenvalue weighted by molar-refractivity contribution is 5.93. The maximum atomic E-state index is 11.1. The fraction of sp³-hybridized carbons (Fsp3) is 0. The van der Waals surface area contributed by atoms with E-state index in [4.69, 9.17) is 19.0 Å². The molecule has 0 saturated heterocycles. The second kappa shape index (κ2) is 6.56. The smallest absolute Gasteiger partial charge is 0.335 e. The molecule has 0 atom stereocenters. The van der Waals surface area contributed by atoms with Gasteiger partial charge in [-0.15, -0.1) is 0 Å². The van der Waals surface area contributed by atoms with Gasteiger partial charge in [0.05, 0.1) is 11.1 Å². The highest BCUT2D eigenvalue weighted by Crippen LogP contribution is 2.29. The molecule has 8 nitrogen and oxygen atoms in total. The Morgan fingerprint density at radius 1 is 0.633 bits per heavy atom. The lowest BCUT2D eigenvalue weighted by Crippen LogP contribution is -1.94. The van der Waals surface area contributed by atoms with Crippen LogP contribution in [0, 0.1) is 0 Å². The summed E-state index contributed by atoms with van der Waals surface area (Å²) in [5.74, 6) is -1.33. The van der Waals surface area contributed by atoms with Crippen molar-refractivity contribution in [3.63, 3.8) is 0 Å². The molecule has 0 aliphatic rings. The number of carboxylic acid groups (broad SMARTS) is 2. The predicted octanol–water partition coefficient (Wildman–Crippen LogP) is 4.70. The molecule has 8 heteroatoms. The van der Waals surface area contributed by atoms with E-state index in [1.54, 1.807) is 36.4 Å². The highest BCUT2D eigenvalue weighted by Gasteiger charge is 2.14. The van der Waals surface area contributed by atoms with Gasteiger partial charge in [-0.3, -0.25) is 0 Å². The molecule has 0 fully saturated rings. The third kappa shape index (κ3) is 2.96. The van der Waals surface area contributed by atoms with Crippen LogP contribution in [0.15, 0.2) is 69.5 Å². The molecule has 0 radical (unpaired) electrons.